The van der Waals surface area contributed by atoms with Crippen LogP contribution in [-0.4, -0.2) is 64.4 Å². The normalized spacial score (nSPS) is 20.5. The van der Waals surface area contributed by atoms with Gasteiger partial charge in [0.15, 0.2) is 5.82 Å². The predicted molar refractivity (Wildman–Crippen MR) is 192 cm³/mol. The molecule has 2 fully saturated rings. The number of nitrogens with two attached hydrogens (primary N) is 2. The first kappa shape index (κ1) is 35.7. The number of anilines is 3. The van der Waals surface area contributed by atoms with Crippen molar-refractivity contribution in [1.82, 2.24) is 19.9 Å². The van der Waals surface area contributed by atoms with E-state index in [2.05, 4.69) is 21.5 Å². The van der Waals surface area contributed by atoms with Crippen LogP contribution < -0.4 is 25.8 Å². The highest BCUT2D eigenvalue weighted by atomic mass is 32.1. The molecule has 8 rings (SSSR count). The van der Waals surface area contributed by atoms with E-state index in [1.54, 1.807) is 23.1 Å². The van der Waals surface area contributed by atoms with E-state index in [0.29, 0.717) is 29.9 Å². The van der Waals surface area contributed by atoms with Gasteiger partial charge in [-0.25, -0.2) is 18.2 Å². The minimum atomic E-state index is -5.25. The molecule has 0 spiro atoms. The topological polar surface area (TPSA) is 139 Å². The van der Waals surface area contributed by atoms with E-state index in [9.17, 15) is 9.65 Å². The highest BCUT2D eigenvalue weighted by molar-refractivity contribution is 7.23. The highest BCUT2D eigenvalue weighted by Gasteiger charge is 2.50. The Hall–Kier alpha value is -5.34. The molecule has 6 heterocycles. The molecule has 0 aliphatic carbocycles. The number of thiophene rings is 1. The Labute approximate surface area is 308 Å². The first-order valence-corrected chi connectivity index (χ1v) is 18.0. The number of ether oxygens (including phenoxy) is 2. The molecule has 0 bridgehead atoms. The number of nitriles is 1. The summed E-state index contributed by atoms with van der Waals surface area (Å²) in [6, 6.07) is 6.01. The Morgan fingerprint density at radius 2 is 2.00 bits per heavy atom. The van der Waals surface area contributed by atoms with Crippen molar-refractivity contribution in [1.29, 1.82) is 5.26 Å². The van der Waals surface area contributed by atoms with E-state index >= 15 is 22.0 Å². The van der Waals surface area contributed by atoms with Crippen LogP contribution in [0.5, 0.6) is 11.8 Å². The lowest BCUT2D eigenvalue weighted by Crippen LogP contribution is -2.43. The summed E-state index contributed by atoms with van der Waals surface area (Å²) in [5.41, 5.74) is 8.35. The van der Waals surface area contributed by atoms with Gasteiger partial charge in [-0.1, -0.05) is 18.2 Å². The molecular weight excluding hydrogens is 735 g/mol. The summed E-state index contributed by atoms with van der Waals surface area (Å²) in [7, 11) is 0. The third-order valence-corrected chi connectivity index (χ3v) is 11.6. The average Bonchev–Trinajstić information content (AvgIpc) is 3.73. The molecule has 54 heavy (non-hydrogen) atoms. The fraction of sp³-hybridized carbons (Fsp3) is 0.351. The van der Waals surface area contributed by atoms with Gasteiger partial charge >= 0.3 is 12.2 Å². The zero-order valence-corrected chi connectivity index (χ0v) is 29.3. The molecule has 4 N–H and O–H groups in total. The maximum atomic E-state index is 17.5. The van der Waals surface area contributed by atoms with Crippen LogP contribution in [0.4, 0.5) is 43.0 Å². The SMILES string of the molecule is C=CC[C@H](c1cccnc1N)N1CCOc2c(C(F)(F)F)c(-c3ccc(F)c4sc(N)c(C#N)c34)c(F)c3nc(OC[C@@]45CCCN4C[C@H](F)C5)nc1c23. The van der Waals surface area contributed by atoms with Gasteiger partial charge in [0.05, 0.1) is 33.8 Å². The van der Waals surface area contributed by atoms with Gasteiger partial charge in [-0.05, 0) is 43.5 Å². The van der Waals surface area contributed by atoms with Crippen molar-refractivity contribution in [3.63, 3.8) is 0 Å². The second kappa shape index (κ2) is 13.2. The number of halogens is 6. The minimum Gasteiger partial charge on any atom is -0.490 e. The molecule has 3 atom stereocenters. The molecule has 10 nitrogen and oxygen atoms in total. The molecule has 3 aliphatic rings. The van der Waals surface area contributed by atoms with E-state index in [1.807, 2.05) is 11.0 Å². The molecule has 0 amide bonds. The molecule has 17 heteroatoms. The number of rotatable bonds is 8. The van der Waals surface area contributed by atoms with Crippen molar-refractivity contribution in [3.8, 4) is 29.0 Å². The standard InChI is InChI=1S/C37H32F6N8O2S/c1-2-5-23(19-6-3-10-47-32(19)45)51-12-13-52-30-26-29(48-35(49-34(26)51)53-17-36-9-4-11-50(36)16-18(38)14-36)28(40)25(27(30)37(41,42)43)20-7-8-22(39)31-24(20)21(15-44)33(46)54-31/h2-3,6-8,10,18,23H,1,4-5,9,11-14,16-17,46H2,(H2,45,47)/t18-,23-,36+/m1/s1. The summed E-state index contributed by atoms with van der Waals surface area (Å²) >= 11 is 0.663. The summed E-state index contributed by atoms with van der Waals surface area (Å²) in [6.07, 6.45) is -1.35. The van der Waals surface area contributed by atoms with Crippen LogP contribution in [0, 0.1) is 23.0 Å². The highest BCUT2D eigenvalue weighted by Crippen LogP contribution is 2.54. The van der Waals surface area contributed by atoms with Crippen LogP contribution in [0.3, 0.4) is 0 Å². The second-order valence-corrected chi connectivity index (χ2v) is 14.7. The molecule has 3 aromatic heterocycles. The third-order valence-electron chi connectivity index (χ3n) is 10.6. The van der Waals surface area contributed by atoms with Crippen molar-refractivity contribution in [2.45, 2.75) is 49.6 Å². The Bertz CT molecular complexity index is 2380. The number of hydrogen-bond acceptors (Lipinski definition) is 11. The fourth-order valence-electron chi connectivity index (χ4n) is 8.31. The zero-order chi connectivity index (χ0) is 38.1. The van der Waals surface area contributed by atoms with E-state index in [4.69, 9.17) is 20.9 Å². The largest absolute Gasteiger partial charge is 0.490 e. The molecule has 2 saturated heterocycles. The summed E-state index contributed by atoms with van der Waals surface area (Å²) in [4.78, 5) is 16.9. The van der Waals surface area contributed by atoms with Gasteiger partial charge < -0.3 is 25.8 Å². The number of hydrogen-bond donors (Lipinski definition) is 2. The summed E-state index contributed by atoms with van der Waals surface area (Å²) in [5, 5.41) is 9.13. The first-order valence-electron chi connectivity index (χ1n) is 17.1. The van der Waals surface area contributed by atoms with E-state index in [0.717, 1.165) is 18.6 Å². The third kappa shape index (κ3) is 5.61. The first-order chi connectivity index (χ1) is 25.9. The van der Waals surface area contributed by atoms with Crippen LogP contribution in [0.1, 0.15) is 48.4 Å². The smallest absolute Gasteiger partial charge is 0.420 e. The number of pyridine rings is 1. The molecular formula is C37H32F6N8O2S. The molecule has 280 valence electrons. The Morgan fingerprint density at radius 3 is 2.74 bits per heavy atom. The van der Waals surface area contributed by atoms with Crippen LogP contribution in [-0.2, 0) is 6.18 Å². The van der Waals surface area contributed by atoms with E-state index in [1.165, 1.54) is 6.20 Å². The number of benzene rings is 2. The van der Waals surface area contributed by atoms with Crippen molar-refractivity contribution in [2.75, 3.05) is 49.2 Å². The molecule has 0 saturated carbocycles. The lowest BCUT2D eigenvalue weighted by Gasteiger charge is -2.33. The molecule has 2 aromatic carbocycles. The molecule has 3 aliphatic heterocycles. The number of alkyl halides is 4. The Kier molecular flexibility index (Phi) is 8.72. The van der Waals surface area contributed by atoms with Gasteiger partial charge in [-0.3, -0.25) is 4.90 Å². The second-order valence-electron chi connectivity index (χ2n) is 13.6. The van der Waals surface area contributed by atoms with Crippen molar-refractivity contribution in [2.24, 2.45) is 0 Å². The van der Waals surface area contributed by atoms with E-state index < -0.39 is 63.5 Å². The Balaban J connectivity index is 1.43. The maximum absolute atomic E-state index is 17.5. The Morgan fingerprint density at radius 1 is 1.19 bits per heavy atom. The van der Waals surface area contributed by atoms with Crippen LogP contribution in [0.2, 0.25) is 0 Å². The lowest BCUT2D eigenvalue weighted by molar-refractivity contribution is -0.138. The van der Waals surface area contributed by atoms with Gasteiger partial charge in [0.25, 0.3) is 0 Å². The van der Waals surface area contributed by atoms with Crippen molar-refractivity contribution in [3.05, 3.63) is 71.4 Å². The van der Waals surface area contributed by atoms with Crippen molar-refractivity contribution >= 4 is 49.0 Å². The number of aromatic nitrogens is 3. The van der Waals surface area contributed by atoms with Gasteiger partial charge in [0, 0.05) is 35.7 Å². The van der Waals surface area contributed by atoms with Crippen LogP contribution >= 0.6 is 11.3 Å². The van der Waals surface area contributed by atoms with Gasteiger partial charge in [-0.15, -0.1) is 17.9 Å². The van der Waals surface area contributed by atoms with Crippen molar-refractivity contribution < 1.29 is 35.8 Å². The lowest BCUT2D eigenvalue weighted by atomic mass is 9.91. The summed E-state index contributed by atoms with van der Waals surface area (Å²) in [5.74, 6) is -3.03. The number of nitrogens with zero attached hydrogens (tertiary/aromatic N) is 6. The molecule has 0 radical (unpaired) electrons. The number of nitrogen functional groups attached to an aromatic ring is 2. The van der Waals surface area contributed by atoms with Gasteiger partial charge in [0.2, 0.25) is 0 Å². The average molecular weight is 767 g/mol. The van der Waals surface area contributed by atoms with Gasteiger partial charge in [0.1, 0.15) is 64.7 Å². The fourth-order valence-corrected chi connectivity index (χ4v) is 9.26. The van der Waals surface area contributed by atoms with Crippen LogP contribution in [0.25, 0.3) is 32.1 Å². The van der Waals surface area contributed by atoms with Gasteiger partial charge in [-0.2, -0.15) is 28.4 Å². The van der Waals surface area contributed by atoms with Crippen LogP contribution in [0.15, 0.2) is 43.1 Å². The summed E-state index contributed by atoms with van der Waals surface area (Å²) < 4.78 is 106. The molecule has 0 unspecified atom stereocenters. The quantitative estimate of drug-likeness (QED) is 0.119. The maximum Gasteiger partial charge on any atom is 0.420 e. The predicted octanol–water partition coefficient (Wildman–Crippen LogP) is 7.71. The zero-order valence-electron chi connectivity index (χ0n) is 28.5. The summed E-state index contributed by atoms with van der Waals surface area (Å²) in [6.45, 7) is 4.34. The van der Waals surface area contributed by atoms with E-state index in [-0.39, 0.29) is 82.8 Å². The molecule has 5 aromatic rings. The monoisotopic (exact) mass is 766 g/mol. The number of fused-ring (bicyclic) bond motifs is 2. The minimum absolute atomic E-state index is 0.0526.